The van der Waals surface area contributed by atoms with Gasteiger partial charge < -0.3 is 9.47 Å². The van der Waals surface area contributed by atoms with Crippen molar-refractivity contribution in [2.45, 2.75) is 20.8 Å². The number of rotatable bonds is 4. The SMILES string of the molecule is Cc1ccc(OC(=O)COc2ccccc2C)cc1C. The van der Waals surface area contributed by atoms with Crippen LogP contribution in [0.5, 0.6) is 11.5 Å². The second kappa shape index (κ2) is 6.24. The fourth-order valence-corrected chi connectivity index (χ4v) is 1.79. The molecule has 0 aliphatic carbocycles. The van der Waals surface area contributed by atoms with E-state index in [1.165, 1.54) is 5.56 Å². The predicted molar refractivity (Wildman–Crippen MR) is 78.2 cm³/mol. The lowest BCUT2D eigenvalue weighted by molar-refractivity contribution is -0.136. The Morgan fingerprint density at radius 3 is 2.40 bits per heavy atom. The fraction of sp³-hybridized carbons (Fsp3) is 0.235. The Morgan fingerprint density at radius 2 is 1.70 bits per heavy atom. The maximum absolute atomic E-state index is 11.7. The molecular weight excluding hydrogens is 252 g/mol. The van der Waals surface area contributed by atoms with Crippen LogP contribution in [-0.2, 0) is 4.79 Å². The van der Waals surface area contributed by atoms with Gasteiger partial charge in [-0.2, -0.15) is 0 Å². The molecule has 0 bridgehead atoms. The molecule has 0 aliphatic heterocycles. The summed E-state index contributed by atoms with van der Waals surface area (Å²) in [6.45, 7) is 5.83. The number of carbonyl (C=O) groups is 1. The smallest absolute Gasteiger partial charge is 0.349 e. The quantitative estimate of drug-likeness (QED) is 0.629. The van der Waals surface area contributed by atoms with Crippen LogP contribution < -0.4 is 9.47 Å². The van der Waals surface area contributed by atoms with Crippen molar-refractivity contribution >= 4 is 5.97 Å². The van der Waals surface area contributed by atoms with E-state index in [4.69, 9.17) is 9.47 Å². The van der Waals surface area contributed by atoms with Gasteiger partial charge >= 0.3 is 5.97 Å². The third-order valence-electron chi connectivity index (χ3n) is 3.15. The van der Waals surface area contributed by atoms with Crippen LogP contribution >= 0.6 is 0 Å². The highest BCUT2D eigenvalue weighted by molar-refractivity contribution is 5.74. The standard InChI is InChI=1S/C17H18O3/c1-12-8-9-15(10-14(12)3)20-17(18)11-19-16-7-5-4-6-13(16)2/h4-10H,11H2,1-3H3. The van der Waals surface area contributed by atoms with Gasteiger partial charge in [0.25, 0.3) is 0 Å². The van der Waals surface area contributed by atoms with Gasteiger partial charge in [-0.3, -0.25) is 0 Å². The molecule has 0 spiro atoms. The monoisotopic (exact) mass is 270 g/mol. The molecule has 20 heavy (non-hydrogen) atoms. The first kappa shape index (κ1) is 14.1. The lowest BCUT2D eigenvalue weighted by Gasteiger charge is -2.09. The highest BCUT2D eigenvalue weighted by Crippen LogP contribution is 2.18. The maximum Gasteiger partial charge on any atom is 0.349 e. The predicted octanol–water partition coefficient (Wildman–Crippen LogP) is 3.60. The molecule has 0 N–H and O–H groups in total. The lowest BCUT2D eigenvalue weighted by Crippen LogP contribution is -2.18. The Kier molecular flexibility index (Phi) is 4.41. The molecule has 0 amide bonds. The average Bonchev–Trinajstić information content (AvgIpc) is 2.42. The highest BCUT2D eigenvalue weighted by atomic mass is 16.6. The Labute approximate surface area is 119 Å². The van der Waals surface area contributed by atoms with Crippen molar-refractivity contribution in [2.24, 2.45) is 0 Å². The molecular formula is C17H18O3. The third kappa shape index (κ3) is 3.60. The van der Waals surface area contributed by atoms with Crippen molar-refractivity contribution in [1.82, 2.24) is 0 Å². The van der Waals surface area contributed by atoms with Gasteiger partial charge in [-0.1, -0.05) is 24.3 Å². The summed E-state index contributed by atoms with van der Waals surface area (Å²) in [6, 6.07) is 13.1. The van der Waals surface area contributed by atoms with Crippen LogP contribution in [0.2, 0.25) is 0 Å². The molecule has 3 nitrogen and oxygen atoms in total. The third-order valence-corrected chi connectivity index (χ3v) is 3.15. The maximum atomic E-state index is 11.7. The van der Waals surface area contributed by atoms with Crippen LogP contribution in [0.3, 0.4) is 0 Å². The van der Waals surface area contributed by atoms with E-state index < -0.39 is 5.97 Å². The van der Waals surface area contributed by atoms with E-state index in [9.17, 15) is 4.79 Å². The molecule has 3 heteroatoms. The topological polar surface area (TPSA) is 35.5 Å². The number of aryl methyl sites for hydroxylation is 3. The summed E-state index contributed by atoms with van der Waals surface area (Å²) in [5, 5.41) is 0. The molecule has 0 saturated heterocycles. The minimum Gasteiger partial charge on any atom is -0.482 e. The normalized spacial score (nSPS) is 10.2. The Hall–Kier alpha value is -2.29. The van der Waals surface area contributed by atoms with Crippen LogP contribution in [-0.4, -0.2) is 12.6 Å². The summed E-state index contributed by atoms with van der Waals surface area (Å²) in [5.41, 5.74) is 3.25. The fourth-order valence-electron chi connectivity index (χ4n) is 1.79. The minimum absolute atomic E-state index is 0.0994. The summed E-state index contributed by atoms with van der Waals surface area (Å²) < 4.78 is 10.7. The zero-order chi connectivity index (χ0) is 14.5. The van der Waals surface area contributed by atoms with Crippen LogP contribution in [0.25, 0.3) is 0 Å². The molecule has 2 aromatic carbocycles. The first-order valence-corrected chi connectivity index (χ1v) is 6.52. The van der Waals surface area contributed by atoms with Gasteiger partial charge in [0, 0.05) is 0 Å². The Balaban J connectivity index is 1.93. The largest absolute Gasteiger partial charge is 0.482 e. The number of benzene rings is 2. The number of para-hydroxylation sites is 1. The van der Waals surface area contributed by atoms with E-state index in [0.29, 0.717) is 11.5 Å². The van der Waals surface area contributed by atoms with Crippen molar-refractivity contribution in [3.05, 3.63) is 59.2 Å². The number of ether oxygens (including phenoxy) is 2. The van der Waals surface area contributed by atoms with E-state index in [2.05, 4.69) is 0 Å². The average molecular weight is 270 g/mol. The van der Waals surface area contributed by atoms with E-state index in [-0.39, 0.29) is 6.61 Å². The lowest BCUT2D eigenvalue weighted by atomic mass is 10.1. The summed E-state index contributed by atoms with van der Waals surface area (Å²) in [4.78, 5) is 11.7. The van der Waals surface area contributed by atoms with Crippen LogP contribution in [0.15, 0.2) is 42.5 Å². The van der Waals surface area contributed by atoms with Crippen molar-refractivity contribution in [1.29, 1.82) is 0 Å². The molecule has 0 atom stereocenters. The first-order valence-electron chi connectivity index (χ1n) is 6.52. The van der Waals surface area contributed by atoms with Gasteiger partial charge in [-0.05, 0) is 55.7 Å². The Morgan fingerprint density at radius 1 is 0.950 bits per heavy atom. The molecule has 0 radical (unpaired) electrons. The summed E-state index contributed by atoms with van der Waals surface area (Å²) in [7, 11) is 0. The molecule has 2 rings (SSSR count). The number of esters is 1. The molecule has 0 heterocycles. The number of hydrogen-bond acceptors (Lipinski definition) is 3. The Bertz CT molecular complexity index is 617. The van der Waals surface area contributed by atoms with E-state index in [0.717, 1.165) is 11.1 Å². The molecule has 2 aromatic rings. The summed E-state index contributed by atoms with van der Waals surface area (Å²) in [6.07, 6.45) is 0. The minimum atomic E-state index is -0.406. The van der Waals surface area contributed by atoms with Crippen molar-refractivity contribution < 1.29 is 14.3 Å². The summed E-state index contributed by atoms with van der Waals surface area (Å²) >= 11 is 0. The van der Waals surface area contributed by atoms with Crippen molar-refractivity contribution in [3.63, 3.8) is 0 Å². The van der Waals surface area contributed by atoms with Crippen LogP contribution in [0.1, 0.15) is 16.7 Å². The van der Waals surface area contributed by atoms with Crippen molar-refractivity contribution in [3.8, 4) is 11.5 Å². The highest BCUT2D eigenvalue weighted by Gasteiger charge is 2.08. The number of hydrogen-bond donors (Lipinski definition) is 0. The van der Waals surface area contributed by atoms with Crippen LogP contribution in [0.4, 0.5) is 0 Å². The van der Waals surface area contributed by atoms with Gasteiger partial charge in [-0.25, -0.2) is 4.79 Å². The van der Waals surface area contributed by atoms with Gasteiger partial charge in [0.15, 0.2) is 6.61 Å². The molecule has 0 aliphatic rings. The van der Waals surface area contributed by atoms with E-state index in [1.54, 1.807) is 6.07 Å². The van der Waals surface area contributed by atoms with Crippen LogP contribution in [0, 0.1) is 20.8 Å². The second-order valence-corrected chi connectivity index (χ2v) is 4.77. The summed E-state index contributed by atoms with van der Waals surface area (Å²) in [5.74, 6) is 0.840. The molecule has 0 fully saturated rings. The molecule has 0 saturated carbocycles. The van der Waals surface area contributed by atoms with E-state index in [1.807, 2.05) is 57.2 Å². The number of carbonyl (C=O) groups excluding carboxylic acids is 1. The van der Waals surface area contributed by atoms with Gasteiger partial charge in [0.1, 0.15) is 11.5 Å². The van der Waals surface area contributed by atoms with Gasteiger partial charge in [-0.15, -0.1) is 0 Å². The van der Waals surface area contributed by atoms with Gasteiger partial charge in [0.05, 0.1) is 0 Å². The zero-order valence-electron chi connectivity index (χ0n) is 12.0. The molecule has 0 aromatic heterocycles. The van der Waals surface area contributed by atoms with Crippen molar-refractivity contribution in [2.75, 3.05) is 6.61 Å². The zero-order valence-corrected chi connectivity index (χ0v) is 12.0. The molecule has 0 unspecified atom stereocenters. The second-order valence-electron chi connectivity index (χ2n) is 4.77. The van der Waals surface area contributed by atoms with Gasteiger partial charge in [0.2, 0.25) is 0 Å². The van der Waals surface area contributed by atoms with E-state index >= 15 is 0 Å². The first-order chi connectivity index (χ1) is 9.56. The molecule has 104 valence electrons.